The molecule has 6 heteroatoms. The maximum absolute atomic E-state index is 12.8. The van der Waals surface area contributed by atoms with Gasteiger partial charge in [-0.2, -0.15) is 0 Å². The average Bonchev–Trinajstić information content (AvgIpc) is 2.95. The second-order valence-electron chi connectivity index (χ2n) is 7.68. The van der Waals surface area contributed by atoms with Crippen LogP contribution in [0, 0.1) is 17.8 Å². The third-order valence-corrected chi connectivity index (χ3v) is 6.20. The first-order chi connectivity index (χ1) is 11.0. The molecule has 4 fully saturated rings. The lowest BCUT2D eigenvalue weighted by Gasteiger charge is -2.28. The van der Waals surface area contributed by atoms with Crippen molar-refractivity contribution in [2.24, 2.45) is 17.8 Å². The van der Waals surface area contributed by atoms with Crippen molar-refractivity contribution in [3.63, 3.8) is 0 Å². The summed E-state index contributed by atoms with van der Waals surface area (Å²) in [5, 5.41) is 3.25. The van der Waals surface area contributed by atoms with Crippen LogP contribution in [0.5, 0.6) is 0 Å². The van der Waals surface area contributed by atoms with Gasteiger partial charge >= 0.3 is 0 Å². The standard InChI is InChI=1S/C17H25N3O3/c1-9-8-11(9)16(22)20-13-5-7-19(14(13)10(2)15(20)21)17(23)12-4-3-6-18-12/h9-14,18H,3-8H2,1-2H3/t9-,10-,11+,12-,13-,14+/m0/s1. The van der Waals surface area contributed by atoms with Gasteiger partial charge in [0.25, 0.3) is 0 Å². The van der Waals surface area contributed by atoms with Crippen LogP contribution in [-0.4, -0.2) is 58.7 Å². The Balaban J connectivity index is 1.54. The lowest BCUT2D eigenvalue weighted by atomic mass is 10.0. The molecule has 3 heterocycles. The molecule has 0 aromatic carbocycles. The number of hydrogen-bond acceptors (Lipinski definition) is 4. The first kappa shape index (κ1) is 15.1. The van der Waals surface area contributed by atoms with Gasteiger partial charge in [0.05, 0.1) is 24.0 Å². The summed E-state index contributed by atoms with van der Waals surface area (Å²) < 4.78 is 0. The SMILES string of the molecule is C[C@@H]1C(=O)N(C(=O)[C@@H]2C[C@@H]2C)[C@H]2CCN(C(=O)[C@@H]3CCCN3)[C@H]12. The van der Waals surface area contributed by atoms with Crippen molar-refractivity contribution in [1.82, 2.24) is 15.1 Å². The molecule has 0 aromatic heterocycles. The van der Waals surface area contributed by atoms with E-state index in [2.05, 4.69) is 12.2 Å². The molecule has 0 unspecified atom stereocenters. The van der Waals surface area contributed by atoms with Gasteiger partial charge in [-0.05, 0) is 38.1 Å². The number of nitrogens with zero attached hydrogens (tertiary/aromatic N) is 2. The van der Waals surface area contributed by atoms with Crippen LogP contribution in [0.25, 0.3) is 0 Å². The zero-order valence-electron chi connectivity index (χ0n) is 13.8. The summed E-state index contributed by atoms with van der Waals surface area (Å²) in [7, 11) is 0. The normalized spacial score (nSPS) is 42.3. The Morgan fingerprint density at radius 1 is 1.17 bits per heavy atom. The highest BCUT2D eigenvalue weighted by atomic mass is 16.2. The molecule has 3 aliphatic heterocycles. The van der Waals surface area contributed by atoms with Gasteiger partial charge in [-0.3, -0.25) is 19.3 Å². The highest BCUT2D eigenvalue weighted by Crippen LogP contribution is 2.44. The zero-order chi connectivity index (χ0) is 16.3. The molecule has 6 nitrogen and oxygen atoms in total. The summed E-state index contributed by atoms with van der Waals surface area (Å²) >= 11 is 0. The maximum atomic E-state index is 12.8. The van der Waals surface area contributed by atoms with E-state index in [1.54, 1.807) is 0 Å². The Labute approximate surface area is 136 Å². The van der Waals surface area contributed by atoms with Gasteiger partial charge in [0, 0.05) is 12.5 Å². The molecule has 0 aromatic rings. The minimum atomic E-state index is -0.272. The number of amides is 3. The molecular weight excluding hydrogens is 294 g/mol. The molecule has 3 saturated heterocycles. The van der Waals surface area contributed by atoms with E-state index < -0.39 is 0 Å². The van der Waals surface area contributed by atoms with Gasteiger partial charge in [-0.1, -0.05) is 13.8 Å². The fraction of sp³-hybridized carbons (Fsp3) is 0.824. The van der Waals surface area contributed by atoms with Crippen LogP contribution in [0.4, 0.5) is 0 Å². The van der Waals surface area contributed by atoms with E-state index in [0.717, 1.165) is 32.2 Å². The highest BCUT2D eigenvalue weighted by molar-refractivity contribution is 6.01. The fourth-order valence-electron chi connectivity index (χ4n) is 4.68. The molecule has 0 radical (unpaired) electrons. The van der Waals surface area contributed by atoms with Crippen molar-refractivity contribution in [1.29, 1.82) is 0 Å². The Morgan fingerprint density at radius 3 is 2.52 bits per heavy atom. The predicted molar refractivity (Wildman–Crippen MR) is 83.2 cm³/mol. The van der Waals surface area contributed by atoms with Gasteiger partial charge in [0.15, 0.2) is 0 Å². The van der Waals surface area contributed by atoms with Gasteiger partial charge in [-0.15, -0.1) is 0 Å². The van der Waals surface area contributed by atoms with E-state index in [0.29, 0.717) is 12.5 Å². The summed E-state index contributed by atoms with van der Waals surface area (Å²) in [4.78, 5) is 41.4. The summed E-state index contributed by atoms with van der Waals surface area (Å²) in [6.07, 6.45) is 3.52. The monoisotopic (exact) mass is 319 g/mol. The summed E-state index contributed by atoms with van der Waals surface area (Å²) in [6.45, 7) is 5.47. The van der Waals surface area contributed by atoms with Crippen LogP contribution in [0.3, 0.4) is 0 Å². The molecule has 1 saturated carbocycles. The number of carbonyl (C=O) groups is 3. The summed E-state index contributed by atoms with van der Waals surface area (Å²) in [6, 6.07) is -0.345. The molecule has 6 atom stereocenters. The van der Waals surface area contributed by atoms with E-state index in [-0.39, 0.29) is 47.7 Å². The number of fused-ring (bicyclic) bond motifs is 1. The first-order valence-corrected chi connectivity index (χ1v) is 8.91. The first-order valence-electron chi connectivity index (χ1n) is 8.91. The van der Waals surface area contributed by atoms with E-state index in [9.17, 15) is 14.4 Å². The summed E-state index contributed by atoms with van der Waals surface area (Å²) in [5.74, 6) is 0.170. The van der Waals surface area contributed by atoms with Crippen molar-refractivity contribution in [3.8, 4) is 0 Å². The van der Waals surface area contributed by atoms with Gasteiger partial charge in [0.1, 0.15) is 0 Å². The molecule has 4 aliphatic rings. The Kier molecular flexibility index (Phi) is 3.48. The van der Waals surface area contributed by atoms with Crippen LogP contribution in [-0.2, 0) is 14.4 Å². The van der Waals surface area contributed by atoms with Crippen molar-refractivity contribution in [2.75, 3.05) is 13.1 Å². The molecule has 0 bridgehead atoms. The van der Waals surface area contributed by atoms with Gasteiger partial charge < -0.3 is 10.2 Å². The van der Waals surface area contributed by atoms with Gasteiger partial charge in [0.2, 0.25) is 17.7 Å². The largest absolute Gasteiger partial charge is 0.335 e. The number of carbonyl (C=O) groups excluding carboxylic acids is 3. The zero-order valence-corrected chi connectivity index (χ0v) is 13.8. The van der Waals surface area contributed by atoms with Crippen LogP contribution < -0.4 is 5.32 Å². The van der Waals surface area contributed by atoms with E-state index >= 15 is 0 Å². The smallest absolute Gasteiger partial charge is 0.240 e. The minimum Gasteiger partial charge on any atom is -0.335 e. The van der Waals surface area contributed by atoms with Crippen LogP contribution in [0.15, 0.2) is 0 Å². The molecule has 3 amide bonds. The maximum Gasteiger partial charge on any atom is 0.240 e. The Morgan fingerprint density at radius 2 is 1.91 bits per heavy atom. The van der Waals surface area contributed by atoms with Crippen LogP contribution in [0.2, 0.25) is 0 Å². The molecule has 0 spiro atoms. The predicted octanol–water partition coefficient (Wildman–Crippen LogP) is 0.369. The number of likely N-dealkylation sites (tertiary alicyclic amines) is 2. The van der Waals surface area contributed by atoms with Crippen molar-refractivity contribution in [3.05, 3.63) is 0 Å². The van der Waals surface area contributed by atoms with Gasteiger partial charge in [-0.25, -0.2) is 0 Å². The average molecular weight is 319 g/mol. The number of hydrogen-bond donors (Lipinski definition) is 1. The molecule has 126 valence electrons. The Bertz CT molecular complexity index is 557. The summed E-state index contributed by atoms with van der Waals surface area (Å²) in [5.41, 5.74) is 0. The number of nitrogens with one attached hydrogen (secondary N) is 1. The number of rotatable bonds is 2. The third-order valence-electron chi connectivity index (χ3n) is 6.20. The van der Waals surface area contributed by atoms with E-state index in [1.807, 2.05) is 11.8 Å². The quantitative estimate of drug-likeness (QED) is 0.747. The molecule has 4 rings (SSSR count). The molecule has 1 N–H and O–H groups in total. The molecular formula is C17H25N3O3. The molecule has 23 heavy (non-hydrogen) atoms. The lowest BCUT2D eigenvalue weighted by molar-refractivity contribution is -0.146. The minimum absolute atomic E-state index is 0.00450. The van der Waals surface area contributed by atoms with Crippen molar-refractivity contribution in [2.45, 2.75) is 57.7 Å². The van der Waals surface area contributed by atoms with E-state index in [1.165, 1.54) is 4.90 Å². The van der Waals surface area contributed by atoms with E-state index in [4.69, 9.17) is 0 Å². The Hall–Kier alpha value is -1.43. The molecule has 1 aliphatic carbocycles. The van der Waals surface area contributed by atoms with Crippen LogP contribution in [0.1, 0.15) is 39.5 Å². The fourth-order valence-corrected chi connectivity index (χ4v) is 4.68. The number of imide groups is 1. The topological polar surface area (TPSA) is 69.7 Å². The van der Waals surface area contributed by atoms with Crippen molar-refractivity contribution < 1.29 is 14.4 Å². The third kappa shape index (κ3) is 2.22. The second-order valence-corrected chi connectivity index (χ2v) is 7.68. The van der Waals surface area contributed by atoms with Crippen molar-refractivity contribution >= 4 is 17.7 Å². The lowest BCUT2D eigenvalue weighted by Crippen LogP contribution is -2.49. The second kappa shape index (κ2) is 5.30. The van der Waals surface area contributed by atoms with Crippen LogP contribution >= 0.6 is 0 Å². The highest BCUT2D eigenvalue weighted by Gasteiger charge is 2.58.